The number of hydrogen-bond acceptors (Lipinski definition) is 5. The van der Waals surface area contributed by atoms with E-state index in [0.29, 0.717) is 32.0 Å². The lowest BCUT2D eigenvalue weighted by Crippen LogP contribution is -2.44. The molecule has 1 unspecified atom stereocenters. The van der Waals surface area contributed by atoms with E-state index in [9.17, 15) is 8.42 Å². The van der Waals surface area contributed by atoms with E-state index < -0.39 is 10.0 Å². The first-order valence-corrected chi connectivity index (χ1v) is 8.36. The number of nitrogens with zero attached hydrogens (tertiary/aromatic N) is 1. The number of morpholine rings is 1. The summed E-state index contributed by atoms with van der Waals surface area (Å²) in [4.78, 5) is 0.215. The number of benzene rings is 1. The molecule has 1 aliphatic heterocycles. The van der Waals surface area contributed by atoms with Gasteiger partial charge >= 0.3 is 0 Å². The Kier molecular flexibility index (Phi) is 5.21. The lowest BCUT2D eigenvalue weighted by Gasteiger charge is -2.30. The van der Waals surface area contributed by atoms with Gasteiger partial charge in [0.05, 0.1) is 19.8 Å². The molecule has 118 valence electrons. The third kappa shape index (κ3) is 3.55. The van der Waals surface area contributed by atoms with Crippen molar-refractivity contribution in [2.75, 3.05) is 33.9 Å². The molecule has 0 aromatic heterocycles. The molecule has 6 nitrogen and oxygen atoms in total. The minimum absolute atomic E-state index is 0.0972. The maximum Gasteiger partial charge on any atom is 0.246 e. The van der Waals surface area contributed by atoms with Crippen LogP contribution in [0, 0.1) is 0 Å². The second-order valence-corrected chi connectivity index (χ2v) is 6.97. The molecule has 1 aromatic carbocycles. The molecule has 1 N–H and O–H groups in total. The first-order valence-electron chi connectivity index (χ1n) is 6.92. The van der Waals surface area contributed by atoms with Gasteiger partial charge in [0.15, 0.2) is 0 Å². The van der Waals surface area contributed by atoms with Crippen molar-refractivity contribution in [3.8, 4) is 5.75 Å². The molecule has 1 fully saturated rings. The highest BCUT2D eigenvalue weighted by Gasteiger charge is 2.31. The number of methoxy groups -OCH3 is 1. The molecule has 1 aliphatic rings. The Labute approximate surface area is 126 Å². The summed E-state index contributed by atoms with van der Waals surface area (Å²) in [6.45, 7) is 3.62. The molecule has 0 radical (unpaired) electrons. The molecule has 21 heavy (non-hydrogen) atoms. The minimum atomic E-state index is -3.58. The van der Waals surface area contributed by atoms with E-state index in [1.165, 1.54) is 11.4 Å². The van der Waals surface area contributed by atoms with Crippen molar-refractivity contribution in [2.24, 2.45) is 0 Å². The number of hydrogen-bond donors (Lipinski definition) is 1. The molecule has 0 spiro atoms. The van der Waals surface area contributed by atoms with Crippen molar-refractivity contribution >= 4 is 10.0 Å². The molecular weight excluding hydrogens is 292 g/mol. The lowest BCUT2D eigenvalue weighted by molar-refractivity contribution is 0.0101. The van der Waals surface area contributed by atoms with Crippen LogP contribution in [0.5, 0.6) is 5.75 Å². The lowest BCUT2D eigenvalue weighted by atomic mass is 10.2. The normalized spacial score (nSPS) is 20.4. The van der Waals surface area contributed by atoms with Crippen LogP contribution >= 0.6 is 0 Å². The van der Waals surface area contributed by atoms with Crippen molar-refractivity contribution in [3.05, 3.63) is 23.8 Å². The number of ether oxygens (including phenoxy) is 2. The van der Waals surface area contributed by atoms with Crippen molar-refractivity contribution in [1.82, 2.24) is 9.62 Å². The van der Waals surface area contributed by atoms with Crippen LogP contribution in [-0.4, -0.2) is 52.7 Å². The van der Waals surface area contributed by atoms with Gasteiger partial charge in [-0.3, -0.25) is 0 Å². The second-order valence-electron chi connectivity index (χ2n) is 5.06. The van der Waals surface area contributed by atoms with Crippen LogP contribution < -0.4 is 10.1 Å². The van der Waals surface area contributed by atoms with Gasteiger partial charge in [-0.05, 0) is 31.7 Å². The van der Waals surface area contributed by atoms with Gasteiger partial charge in [0, 0.05) is 19.6 Å². The molecule has 7 heteroatoms. The SMILES string of the molecule is CNCc1ccc(OC)c(S(=O)(=O)N2CCOC(C)C2)c1. The first-order chi connectivity index (χ1) is 9.98. The summed E-state index contributed by atoms with van der Waals surface area (Å²) in [5.74, 6) is 0.369. The van der Waals surface area contributed by atoms with Gasteiger partial charge in [-0.15, -0.1) is 0 Å². The summed E-state index contributed by atoms with van der Waals surface area (Å²) in [5.41, 5.74) is 0.901. The standard InChI is InChI=1S/C14H22N2O4S/c1-11-10-16(6-7-20-11)21(17,18)14-8-12(9-15-2)4-5-13(14)19-3/h4-5,8,11,15H,6-7,9-10H2,1-3H3. The number of sulfonamides is 1. The Bertz CT molecular complexity index is 589. The van der Waals surface area contributed by atoms with Gasteiger partial charge in [0.1, 0.15) is 10.6 Å². The molecule has 1 heterocycles. The zero-order valence-electron chi connectivity index (χ0n) is 12.6. The van der Waals surface area contributed by atoms with Gasteiger partial charge in [-0.25, -0.2) is 8.42 Å². The fourth-order valence-electron chi connectivity index (χ4n) is 2.38. The zero-order chi connectivity index (χ0) is 15.5. The van der Waals surface area contributed by atoms with Crippen molar-refractivity contribution < 1.29 is 17.9 Å². The van der Waals surface area contributed by atoms with Gasteiger partial charge in [0.25, 0.3) is 0 Å². The average molecular weight is 314 g/mol. The van der Waals surface area contributed by atoms with Crippen LogP contribution in [0.3, 0.4) is 0 Å². The van der Waals surface area contributed by atoms with Gasteiger partial charge in [0.2, 0.25) is 10.0 Å². The van der Waals surface area contributed by atoms with E-state index in [-0.39, 0.29) is 11.0 Å². The van der Waals surface area contributed by atoms with E-state index in [4.69, 9.17) is 9.47 Å². The Morgan fingerprint density at radius 2 is 2.24 bits per heavy atom. The Hall–Kier alpha value is -1.15. The molecule has 1 saturated heterocycles. The van der Waals surface area contributed by atoms with Crippen LogP contribution in [0.4, 0.5) is 0 Å². The third-order valence-electron chi connectivity index (χ3n) is 3.43. The van der Waals surface area contributed by atoms with Crippen molar-refractivity contribution in [2.45, 2.75) is 24.5 Å². The summed E-state index contributed by atoms with van der Waals surface area (Å²) in [6, 6.07) is 5.23. The molecule has 2 rings (SSSR count). The van der Waals surface area contributed by atoms with Crippen LogP contribution in [0.25, 0.3) is 0 Å². The molecular formula is C14H22N2O4S. The van der Waals surface area contributed by atoms with E-state index >= 15 is 0 Å². The van der Waals surface area contributed by atoms with E-state index in [1.54, 1.807) is 12.1 Å². The highest BCUT2D eigenvalue weighted by molar-refractivity contribution is 7.89. The van der Waals surface area contributed by atoms with E-state index in [2.05, 4.69) is 5.32 Å². The highest BCUT2D eigenvalue weighted by atomic mass is 32.2. The first kappa shape index (κ1) is 16.2. The average Bonchev–Trinajstić information content (AvgIpc) is 2.47. The highest BCUT2D eigenvalue weighted by Crippen LogP contribution is 2.28. The summed E-state index contributed by atoms with van der Waals surface area (Å²) >= 11 is 0. The van der Waals surface area contributed by atoms with Crippen molar-refractivity contribution in [1.29, 1.82) is 0 Å². The molecule has 0 amide bonds. The molecule has 0 saturated carbocycles. The Balaban J connectivity index is 2.39. The Morgan fingerprint density at radius 1 is 1.48 bits per heavy atom. The summed E-state index contributed by atoms with van der Waals surface area (Å²) < 4.78 is 37.8. The largest absolute Gasteiger partial charge is 0.495 e. The van der Waals surface area contributed by atoms with Crippen molar-refractivity contribution in [3.63, 3.8) is 0 Å². The second kappa shape index (κ2) is 6.74. The van der Waals surface area contributed by atoms with Crippen LogP contribution in [0.15, 0.2) is 23.1 Å². The van der Waals surface area contributed by atoms with E-state index in [1.807, 2.05) is 20.0 Å². The summed E-state index contributed by atoms with van der Waals surface area (Å²) in [5, 5.41) is 3.02. The monoisotopic (exact) mass is 314 g/mol. The fraction of sp³-hybridized carbons (Fsp3) is 0.571. The zero-order valence-corrected chi connectivity index (χ0v) is 13.4. The van der Waals surface area contributed by atoms with Crippen LogP contribution in [-0.2, 0) is 21.3 Å². The quantitative estimate of drug-likeness (QED) is 0.872. The molecule has 1 aromatic rings. The maximum atomic E-state index is 12.8. The van der Waals surface area contributed by atoms with Crippen LogP contribution in [0.2, 0.25) is 0 Å². The summed E-state index contributed by atoms with van der Waals surface area (Å²) in [7, 11) is -0.276. The topological polar surface area (TPSA) is 67.9 Å². The predicted molar refractivity (Wildman–Crippen MR) is 79.9 cm³/mol. The number of nitrogens with one attached hydrogen (secondary N) is 1. The number of rotatable bonds is 5. The summed E-state index contributed by atoms with van der Waals surface area (Å²) in [6.07, 6.45) is -0.0972. The van der Waals surface area contributed by atoms with E-state index in [0.717, 1.165) is 5.56 Å². The predicted octanol–water partition coefficient (Wildman–Crippen LogP) is 0.824. The minimum Gasteiger partial charge on any atom is -0.495 e. The Morgan fingerprint density at radius 3 is 2.86 bits per heavy atom. The van der Waals surface area contributed by atoms with Crippen LogP contribution in [0.1, 0.15) is 12.5 Å². The molecule has 1 atom stereocenters. The molecule has 0 aliphatic carbocycles. The fourth-order valence-corrected chi connectivity index (χ4v) is 4.09. The maximum absolute atomic E-state index is 12.8. The molecule has 0 bridgehead atoms. The van der Waals surface area contributed by atoms with Gasteiger partial charge in [-0.1, -0.05) is 6.07 Å². The van der Waals surface area contributed by atoms with Gasteiger partial charge in [-0.2, -0.15) is 4.31 Å². The smallest absolute Gasteiger partial charge is 0.246 e. The third-order valence-corrected chi connectivity index (χ3v) is 5.32. The van der Waals surface area contributed by atoms with Gasteiger partial charge < -0.3 is 14.8 Å².